The van der Waals surface area contributed by atoms with Crippen LogP contribution >= 0.6 is 0 Å². The smallest absolute Gasteiger partial charge is 0.229 e. The maximum Gasteiger partial charge on any atom is 0.229 e. The molecule has 0 saturated carbocycles. The van der Waals surface area contributed by atoms with Gasteiger partial charge in [-0.1, -0.05) is 44.2 Å². The molecule has 0 saturated heterocycles. The molecule has 8 heteroatoms. The third-order valence-electron chi connectivity index (χ3n) is 4.56. The van der Waals surface area contributed by atoms with Crippen LogP contribution in [0.5, 0.6) is 0 Å². The van der Waals surface area contributed by atoms with E-state index in [2.05, 4.69) is 31.6 Å². The Morgan fingerprint density at radius 3 is 2.77 bits per heavy atom. The molecule has 0 bridgehead atoms. The SMILES string of the molecule is CC(C)CC(=O)NCc1cccc(N2NNc3cnc(Nc4ccccc4)nc32)c1. The second-order valence-corrected chi connectivity index (χ2v) is 7.54. The minimum atomic E-state index is 0.0612. The highest BCUT2D eigenvalue weighted by Crippen LogP contribution is 2.33. The Hall–Kier alpha value is -3.65. The van der Waals surface area contributed by atoms with Crippen LogP contribution in [0, 0.1) is 5.92 Å². The van der Waals surface area contributed by atoms with E-state index in [1.165, 1.54) is 0 Å². The van der Waals surface area contributed by atoms with Gasteiger partial charge in [0.25, 0.3) is 0 Å². The van der Waals surface area contributed by atoms with Crippen LogP contribution in [0.25, 0.3) is 0 Å². The van der Waals surface area contributed by atoms with E-state index in [4.69, 9.17) is 0 Å². The van der Waals surface area contributed by atoms with Gasteiger partial charge in [0.05, 0.1) is 11.9 Å². The lowest BCUT2D eigenvalue weighted by molar-refractivity contribution is -0.121. The molecule has 2 heterocycles. The minimum absolute atomic E-state index is 0.0612. The number of hydrogen-bond acceptors (Lipinski definition) is 7. The van der Waals surface area contributed by atoms with Crippen LogP contribution in [0.15, 0.2) is 60.8 Å². The third kappa shape index (κ3) is 4.66. The van der Waals surface area contributed by atoms with Gasteiger partial charge in [-0.15, -0.1) is 5.53 Å². The summed E-state index contributed by atoms with van der Waals surface area (Å²) in [6, 6.07) is 17.7. The Kier molecular flexibility index (Phi) is 5.76. The normalized spacial score (nSPS) is 12.4. The molecule has 0 spiro atoms. The van der Waals surface area contributed by atoms with E-state index in [1.54, 1.807) is 6.20 Å². The Morgan fingerprint density at radius 2 is 1.97 bits per heavy atom. The average Bonchev–Trinajstić information content (AvgIpc) is 3.16. The van der Waals surface area contributed by atoms with E-state index in [-0.39, 0.29) is 5.91 Å². The van der Waals surface area contributed by atoms with Gasteiger partial charge in [0.2, 0.25) is 11.9 Å². The lowest BCUT2D eigenvalue weighted by atomic mass is 10.1. The number of anilines is 5. The predicted molar refractivity (Wildman–Crippen MR) is 118 cm³/mol. The number of rotatable bonds is 7. The number of carbonyl (C=O) groups is 1. The van der Waals surface area contributed by atoms with Gasteiger partial charge < -0.3 is 10.6 Å². The van der Waals surface area contributed by atoms with Crippen molar-refractivity contribution >= 4 is 34.7 Å². The molecule has 3 aromatic rings. The Balaban J connectivity index is 1.50. The summed E-state index contributed by atoms with van der Waals surface area (Å²) in [4.78, 5) is 21.0. The summed E-state index contributed by atoms with van der Waals surface area (Å²) >= 11 is 0. The number of nitrogens with one attached hydrogen (secondary N) is 4. The Labute approximate surface area is 175 Å². The summed E-state index contributed by atoms with van der Waals surface area (Å²) in [5.74, 6) is 1.62. The number of fused-ring (bicyclic) bond motifs is 1. The van der Waals surface area contributed by atoms with E-state index >= 15 is 0 Å². The highest BCUT2D eigenvalue weighted by molar-refractivity contribution is 5.77. The van der Waals surface area contributed by atoms with Gasteiger partial charge in [-0.2, -0.15) is 4.98 Å². The Bertz CT molecular complexity index is 1020. The molecule has 1 amide bonds. The van der Waals surface area contributed by atoms with E-state index in [9.17, 15) is 4.79 Å². The molecule has 4 N–H and O–H groups in total. The van der Waals surface area contributed by atoms with Gasteiger partial charge in [-0.05, 0) is 35.7 Å². The fraction of sp³-hybridized carbons (Fsp3) is 0.227. The van der Waals surface area contributed by atoms with E-state index < -0.39 is 0 Å². The Morgan fingerprint density at radius 1 is 1.13 bits per heavy atom. The molecule has 0 fully saturated rings. The second kappa shape index (κ2) is 8.79. The number of carbonyl (C=O) groups excluding carboxylic acids is 1. The van der Waals surface area contributed by atoms with Crippen molar-refractivity contribution in [3.05, 3.63) is 66.4 Å². The minimum Gasteiger partial charge on any atom is -0.352 e. The van der Waals surface area contributed by atoms with Crippen molar-refractivity contribution in [3.8, 4) is 0 Å². The zero-order valence-corrected chi connectivity index (χ0v) is 17.0. The first-order chi connectivity index (χ1) is 14.6. The predicted octanol–water partition coefficient (Wildman–Crippen LogP) is 3.87. The first kappa shape index (κ1) is 19.7. The fourth-order valence-corrected chi connectivity index (χ4v) is 3.15. The topological polar surface area (TPSA) is 94.2 Å². The zero-order chi connectivity index (χ0) is 20.9. The molecular weight excluding hydrogens is 378 g/mol. The van der Waals surface area contributed by atoms with E-state index in [1.807, 2.05) is 73.5 Å². The van der Waals surface area contributed by atoms with Gasteiger partial charge in [0.15, 0.2) is 5.82 Å². The average molecular weight is 403 g/mol. The van der Waals surface area contributed by atoms with Crippen LogP contribution in [-0.4, -0.2) is 15.9 Å². The van der Waals surface area contributed by atoms with Crippen LogP contribution in [-0.2, 0) is 11.3 Å². The van der Waals surface area contributed by atoms with Crippen LogP contribution in [0.2, 0.25) is 0 Å². The van der Waals surface area contributed by atoms with Crippen LogP contribution in [0.1, 0.15) is 25.8 Å². The zero-order valence-electron chi connectivity index (χ0n) is 17.0. The molecule has 30 heavy (non-hydrogen) atoms. The van der Waals surface area contributed by atoms with Gasteiger partial charge in [-0.3, -0.25) is 10.2 Å². The number of amides is 1. The van der Waals surface area contributed by atoms with Crippen LogP contribution in [0.3, 0.4) is 0 Å². The molecule has 0 atom stereocenters. The molecule has 154 valence electrons. The first-order valence-corrected chi connectivity index (χ1v) is 9.95. The number of aromatic nitrogens is 2. The molecule has 0 radical (unpaired) electrons. The summed E-state index contributed by atoms with van der Waals surface area (Å²) in [7, 11) is 0. The molecule has 2 aromatic carbocycles. The molecule has 8 nitrogen and oxygen atoms in total. The number of para-hydroxylation sites is 1. The molecule has 0 unspecified atom stereocenters. The molecule has 1 aliphatic rings. The lowest BCUT2D eigenvalue weighted by Crippen LogP contribution is -2.32. The van der Waals surface area contributed by atoms with Gasteiger partial charge in [0, 0.05) is 18.7 Å². The molecule has 1 aliphatic heterocycles. The largest absolute Gasteiger partial charge is 0.352 e. The maximum absolute atomic E-state index is 12.0. The first-order valence-electron chi connectivity index (χ1n) is 9.95. The highest BCUT2D eigenvalue weighted by atomic mass is 16.1. The maximum atomic E-state index is 12.0. The quantitative estimate of drug-likeness (QED) is 0.476. The number of nitrogens with zero attached hydrogens (tertiary/aromatic N) is 3. The second-order valence-electron chi connectivity index (χ2n) is 7.54. The van der Waals surface area contributed by atoms with Gasteiger partial charge >= 0.3 is 0 Å². The highest BCUT2D eigenvalue weighted by Gasteiger charge is 2.23. The third-order valence-corrected chi connectivity index (χ3v) is 4.56. The molecule has 1 aromatic heterocycles. The van der Waals surface area contributed by atoms with Crippen molar-refractivity contribution in [2.45, 2.75) is 26.8 Å². The molecule has 0 aliphatic carbocycles. The summed E-state index contributed by atoms with van der Waals surface area (Å²) < 4.78 is 0. The summed E-state index contributed by atoms with van der Waals surface area (Å²) in [6.07, 6.45) is 2.26. The monoisotopic (exact) mass is 403 g/mol. The lowest BCUT2D eigenvalue weighted by Gasteiger charge is -2.18. The van der Waals surface area contributed by atoms with Crippen molar-refractivity contribution in [3.63, 3.8) is 0 Å². The van der Waals surface area contributed by atoms with Gasteiger partial charge in [-0.25, -0.2) is 9.99 Å². The van der Waals surface area contributed by atoms with Crippen LogP contribution in [0.4, 0.5) is 28.8 Å². The van der Waals surface area contributed by atoms with E-state index in [0.29, 0.717) is 30.6 Å². The summed E-state index contributed by atoms with van der Waals surface area (Å²) in [5, 5.41) is 8.04. The van der Waals surface area contributed by atoms with Crippen molar-refractivity contribution in [2.24, 2.45) is 5.92 Å². The number of hydrazine groups is 2. The number of hydrogen-bond donors (Lipinski definition) is 4. The molecular formula is C22H25N7O. The standard InChI is InChI=1S/C22H25N7O/c1-15(2)11-20(30)23-13-16-7-6-10-18(12-16)29-21-19(27-28-29)14-24-22(26-21)25-17-8-4-3-5-9-17/h3-10,12,14-15,27-28H,11,13H2,1-2H3,(H,23,30)(H,24,25,26). The summed E-state index contributed by atoms with van der Waals surface area (Å²) in [6.45, 7) is 4.55. The van der Waals surface area contributed by atoms with Gasteiger partial charge in [0.1, 0.15) is 5.69 Å². The van der Waals surface area contributed by atoms with Crippen molar-refractivity contribution in [1.29, 1.82) is 0 Å². The molecule has 4 rings (SSSR count). The van der Waals surface area contributed by atoms with E-state index in [0.717, 1.165) is 22.6 Å². The van der Waals surface area contributed by atoms with Crippen LogP contribution < -0.4 is 26.6 Å². The summed E-state index contributed by atoms with van der Waals surface area (Å²) in [5.41, 5.74) is 9.81. The number of benzene rings is 2. The van der Waals surface area contributed by atoms with Crippen molar-refractivity contribution in [1.82, 2.24) is 20.8 Å². The fourth-order valence-electron chi connectivity index (χ4n) is 3.15. The van der Waals surface area contributed by atoms with Crippen molar-refractivity contribution in [2.75, 3.05) is 15.8 Å². The van der Waals surface area contributed by atoms with Crippen molar-refractivity contribution < 1.29 is 4.79 Å².